The molecule has 2 amide bonds. The van der Waals surface area contributed by atoms with Crippen LogP contribution in [0.2, 0.25) is 0 Å². The molecule has 2 N–H and O–H groups in total. The van der Waals surface area contributed by atoms with Gasteiger partial charge in [-0.2, -0.15) is 16.4 Å². The van der Waals surface area contributed by atoms with Gasteiger partial charge in [-0.1, -0.05) is 24.3 Å². The molecule has 1 aliphatic heterocycles. The maximum absolute atomic E-state index is 13.1. The van der Waals surface area contributed by atoms with Crippen molar-refractivity contribution in [3.63, 3.8) is 0 Å². The van der Waals surface area contributed by atoms with Crippen LogP contribution in [0.15, 0.2) is 58.0 Å². The van der Waals surface area contributed by atoms with Gasteiger partial charge in [0.15, 0.2) is 0 Å². The summed E-state index contributed by atoms with van der Waals surface area (Å²) in [7, 11) is 0. The fraction of sp³-hybridized carbons (Fsp3) is 0.304. The monoisotopic (exact) mass is 436 g/mol. The fourth-order valence-electron chi connectivity index (χ4n) is 4.06. The third-order valence-electron chi connectivity index (χ3n) is 5.71. The molecule has 1 aliphatic rings. The van der Waals surface area contributed by atoms with Gasteiger partial charge in [0, 0.05) is 25.7 Å². The smallest absolute Gasteiger partial charge is 0.274 e. The number of carbonyl (C=O) groups is 2. The molecular weight excluding hydrogens is 412 g/mol. The van der Waals surface area contributed by atoms with Gasteiger partial charge in [0.05, 0.1) is 5.41 Å². The van der Waals surface area contributed by atoms with Crippen LogP contribution in [0.25, 0.3) is 11.1 Å². The van der Waals surface area contributed by atoms with Crippen LogP contribution < -0.4 is 10.9 Å². The minimum Gasteiger partial charge on any atom is -0.356 e. The topological polar surface area (TPSA) is 95.2 Å². The van der Waals surface area contributed by atoms with Gasteiger partial charge >= 0.3 is 0 Å². The molecule has 8 heteroatoms. The first-order chi connectivity index (χ1) is 15.0. The highest BCUT2D eigenvalue weighted by Gasteiger charge is 2.46. The highest BCUT2D eigenvalue weighted by atomic mass is 32.1. The second kappa shape index (κ2) is 8.85. The number of aromatic nitrogens is 2. The number of aromatic amines is 1. The zero-order valence-electron chi connectivity index (χ0n) is 17.3. The van der Waals surface area contributed by atoms with Gasteiger partial charge in [-0.25, -0.2) is 5.10 Å². The Morgan fingerprint density at radius 3 is 2.61 bits per heavy atom. The lowest BCUT2D eigenvalue weighted by Gasteiger charge is -2.28. The van der Waals surface area contributed by atoms with Crippen LogP contribution in [-0.2, 0) is 11.2 Å². The summed E-state index contributed by atoms with van der Waals surface area (Å²) < 4.78 is 0. The summed E-state index contributed by atoms with van der Waals surface area (Å²) in [5.74, 6) is -0.322. The Morgan fingerprint density at radius 2 is 1.97 bits per heavy atom. The number of benzene rings is 1. The molecule has 0 bridgehead atoms. The summed E-state index contributed by atoms with van der Waals surface area (Å²) in [4.78, 5) is 38.8. The van der Waals surface area contributed by atoms with E-state index in [0.717, 1.165) is 11.1 Å². The van der Waals surface area contributed by atoms with Gasteiger partial charge in [0.1, 0.15) is 5.69 Å². The van der Waals surface area contributed by atoms with Crippen molar-refractivity contribution < 1.29 is 9.59 Å². The summed E-state index contributed by atoms with van der Waals surface area (Å²) in [6, 6.07) is 13.0. The highest BCUT2D eigenvalue weighted by molar-refractivity contribution is 7.08. The second-order valence-electron chi connectivity index (χ2n) is 7.81. The van der Waals surface area contributed by atoms with Crippen LogP contribution in [0, 0.1) is 5.41 Å². The molecular formula is C23H24N4O3S. The van der Waals surface area contributed by atoms with E-state index in [2.05, 4.69) is 56.6 Å². The zero-order chi connectivity index (χ0) is 21.8. The molecule has 1 atom stereocenters. The van der Waals surface area contributed by atoms with Gasteiger partial charge in [0.25, 0.3) is 11.5 Å². The fourth-order valence-corrected chi connectivity index (χ4v) is 4.73. The molecule has 0 radical (unpaired) electrons. The van der Waals surface area contributed by atoms with E-state index in [9.17, 15) is 14.4 Å². The Labute approximate surface area is 184 Å². The van der Waals surface area contributed by atoms with Crippen molar-refractivity contribution in [3.8, 4) is 11.1 Å². The molecule has 0 saturated carbocycles. The van der Waals surface area contributed by atoms with Crippen molar-refractivity contribution >= 4 is 23.2 Å². The van der Waals surface area contributed by atoms with Gasteiger partial charge in [-0.15, -0.1) is 0 Å². The van der Waals surface area contributed by atoms with Crippen molar-refractivity contribution in [2.75, 3.05) is 19.6 Å². The number of nitrogens with one attached hydrogen (secondary N) is 2. The van der Waals surface area contributed by atoms with E-state index in [-0.39, 0.29) is 23.1 Å². The van der Waals surface area contributed by atoms with Gasteiger partial charge in [0.2, 0.25) is 5.91 Å². The Bertz CT molecular complexity index is 1100. The Morgan fingerprint density at radius 1 is 1.16 bits per heavy atom. The molecule has 2 aromatic heterocycles. The Kier molecular flexibility index (Phi) is 5.99. The number of hydrogen-bond acceptors (Lipinski definition) is 5. The Hall–Kier alpha value is -3.26. The molecule has 1 saturated heterocycles. The summed E-state index contributed by atoms with van der Waals surface area (Å²) in [6.07, 6.45) is 1.12. The minimum absolute atomic E-state index is 0.0401. The molecule has 3 heterocycles. The van der Waals surface area contributed by atoms with E-state index in [1.807, 2.05) is 6.92 Å². The number of rotatable bonds is 6. The van der Waals surface area contributed by atoms with Crippen LogP contribution >= 0.6 is 11.3 Å². The van der Waals surface area contributed by atoms with Crippen LogP contribution in [0.3, 0.4) is 0 Å². The average molecular weight is 437 g/mol. The first-order valence-corrected chi connectivity index (χ1v) is 11.2. The number of likely N-dealkylation sites (tertiary alicyclic amines) is 1. The average Bonchev–Trinajstić information content (AvgIpc) is 3.46. The number of nitrogens with zero attached hydrogens (tertiary/aromatic N) is 2. The number of carbonyl (C=O) groups excluding carboxylic acids is 2. The standard InChI is InChI=1S/C23H24N4O3S/c1-2-24-22(30)23(13-16-3-5-17(6-4-16)18-9-12-31-14-18)10-11-27(15-23)21(29)19-7-8-20(28)26-25-19/h3-9,12,14H,2,10-11,13,15H2,1H3,(H,24,30)(H,26,28). The van der Waals surface area contributed by atoms with E-state index in [0.29, 0.717) is 32.5 Å². The second-order valence-corrected chi connectivity index (χ2v) is 8.59. The molecule has 0 aliphatic carbocycles. The molecule has 1 unspecified atom stereocenters. The summed E-state index contributed by atoms with van der Waals surface area (Å²) in [5.41, 5.74) is 2.50. The van der Waals surface area contributed by atoms with Crippen LogP contribution in [0.4, 0.5) is 0 Å². The Balaban J connectivity index is 1.55. The van der Waals surface area contributed by atoms with Crippen molar-refractivity contribution in [1.29, 1.82) is 0 Å². The molecule has 31 heavy (non-hydrogen) atoms. The molecule has 160 valence electrons. The highest BCUT2D eigenvalue weighted by Crippen LogP contribution is 2.36. The van der Waals surface area contributed by atoms with E-state index < -0.39 is 5.41 Å². The van der Waals surface area contributed by atoms with Gasteiger partial charge < -0.3 is 10.2 Å². The first kappa shape index (κ1) is 21.0. The van der Waals surface area contributed by atoms with Crippen molar-refractivity contribution in [2.24, 2.45) is 5.41 Å². The summed E-state index contributed by atoms with van der Waals surface area (Å²) in [5, 5.41) is 13.2. The van der Waals surface area contributed by atoms with Crippen molar-refractivity contribution in [3.05, 3.63) is 74.8 Å². The molecule has 0 spiro atoms. The number of hydrogen-bond donors (Lipinski definition) is 2. The largest absolute Gasteiger partial charge is 0.356 e. The molecule has 1 aromatic carbocycles. The molecule has 7 nitrogen and oxygen atoms in total. The number of H-pyrrole nitrogens is 1. The normalized spacial score (nSPS) is 18.2. The number of amides is 2. The van der Waals surface area contributed by atoms with Crippen LogP contribution in [-0.4, -0.2) is 46.5 Å². The minimum atomic E-state index is -0.697. The van der Waals surface area contributed by atoms with E-state index in [4.69, 9.17) is 0 Å². The lowest BCUT2D eigenvalue weighted by molar-refractivity contribution is -0.130. The maximum atomic E-state index is 13.1. The SMILES string of the molecule is CCNC(=O)C1(Cc2ccc(-c3ccsc3)cc2)CCN(C(=O)c2ccc(=O)[nH]n2)C1. The third kappa shape index (κ3) is 4.44. The maximum Gasteiger partial charge on any atom is 0.274 e. The number of thiophene rings is 1. The van der Waals surface area contributed by atoms with Gasteiger partial charge in [-0.05, 0) is 59.3 Å². The van der Waals surface area contributed by atoms with E-state index >= 15 is 0 Å². The lowest BCUT2D eigenvalue weighted by Crippen LogP contribution is -2.45. The predicted molar refractivity (Wildman–Crippen MR) is 120 cm³/mol. The quantitative estimate of drug-likeness (QED) is 0.621. The van der Waals surface area contributed by atoms with Crippen LogP contribution in [0.5, 0.6) is 0 Å². The predicted octanol–water partition coefficient (Wildman–Crippen LogP) is 2.71. The van der Waals surface area contributed by atoms with E-state index in [1.54, 1.807) is 16.2 Å². The molecule has 4 rings (SSSR count). The molecule has 1 fully saturated rings. The van der Waals surface area contributed by atoms with E-state index in [1.165, 1.54) is 17.7 Å². The summed E-state index contributed by atoms with van der Waals surface area (Å²) >= 11 is 1.66. The zero-order valence-corrected chi connectivity index (χ0v) is 18.1. The van der Waals surface area contributed by atoms with Crippen molar-refractivity contribution in [1.82, 2.24) is 20.4 Å². The lowest BCUT2D eigenvalue weighted by atomic mass is 9.79. The van der Waals surface area contributed by atoms with Crippen LogP contribution in [0.1, 0.15) is 29.4 Å². The molecule has 3 aromatic rings. The van der Waals surface area contributed by atoms with Crippen molar-refractivity contribution in [2.45, 2.75) is 19.8 Å². The third-order valence-corrected chi connectivity index (χ3v) is 6.39. The first-order valence-electron chi connectivity index (χ1n) is 10.3. The summed E-state index contributed by atoms with van der Waals surface area (Å²) in [6.45, 7) is 3.20. The van der Waals surface area contributed by atoms with Gasteiger partial charge in [-0.3, -0.25) is 14.4 Å².